The Labute approximate surface area is 106 Å². The van der Waals surface area contributed by atoms with E-state index in [1.165, 1.54) is 6.33 Å². The lowest BCUT2D eigenvalue weighted by Crippen LogP contribution is -2.31. The van der Waals surface area contributed by atoms with Crippen molar-refractivity contribution in [1.82, 2.24) is 19.9 Å². The maximum Gasteiger partial charge on any atom is 0.182 e. The molecular weight excluding hydrogens is 230 g/mol. The topological polar surface area (TPSA) is 75.7 Å². The highest BCUT2D eigenvalue weighted by Gasteiger charge is 2.16. The number of hydrogen-bond donors (Lipinski definition) is 2. The molecule has 0 saturated heterocycles. The third kappa shape index (κ3) is 2.76. The molecule has 0 amide bonds. The smallest absolute Gasteiger partial charge is 0.182 e. The first kappa shape index (κ1) is 12.8. The predicted octanol–water partition coefficient (Wildman–Crippen LogP) is 1.83. The Bertz CT molecular complexity index is 496. The minimum absolute atomic E-state index is 0.214. The normalized spacial score (nSPS) is 13.1. The summed E-state index contributed by atoms with van der Waals surface area (Å²) in [4.78, 5) is 15.5. The monoisotopic (exact) mass is 249 g/mol. The SMILES string of the molecule is CCOCC(Nc1ncnc2nc[nH]c12)C(C)C. The summed E-state index contributed by atoms with van der Waals surface area (Å²) in [5.74, 6) is 1.22. The largest absolute Gasteiger partial charge is 0.380 e. The maximum absolute atomic E-state index is 5.49. The van der Waals surface area contributed by atoms with Gasteiger partial charge in [-0.05, 0) is 12.8 Å². The summed E-state index contributed by atoms with van der Waals surface area (Å²) in [5, 5.41) is 3.40. The molecular formula is C12H19N5O. The van der Waals surface area contributed by atoms with E-state index in [4.69, 9.17) is 4.74 Å². The van der Waals surface area contributed by atoms with Crippen LogP contribution in [0.25, 0.3) is 11.2 Å². The molecule has 2 N–H and O–H groups in total. The third-order valence-electron chi connectivity index (χ3n) is 2.85. The van der Waals surface area contributed by atoms with E-state index in [-0.39, 0.29) is 6.04 Å². The minimum atomic E-state index is 0.214. The van der Waals surface area contributed by atoms with Crippen LogP contribution in [0.2, 0.25) is 0 Å². The Morgan fingerprint density at radius 1 is 1.33 bits per heavy atom. The van der Waals surface area contributed by atoms with Crippen molar-refractivity contribution in [3.05, 3.63) is 12.7 Å². The number of anilines is 1. The predicted molar refractivity (Wildman–Crippen MR) is 70.4 cm³/mol. The van der Waals surface area contributed by atoms with Gasteiger partial charge in [-0.25, -0.2) is 15.0 Å². The van der Waals surface area contributed by atoms with E-state index in [9.17, 15) is 0 Å². The van der Waals surface area contributed by atoms with Crippen molar-refractivity contribution < 1.29 is 4.74 Å². The van der Waals surface area contributed by atoms with Crippen molar-refractivity contribution in [2.75, 3.05) is 18.5 Å². The Kier molecular flexibility index (Phi) is 4.09. The van der Waals surface area contributed by atoms with Crippen LogP contribution in [-0.4, -0.2) is 39.2 Å². The molecule has 1 unspecified atom stereocenters. The van der Waals surface area contributed by atoms with Gasteiger partial charge in [0.15, 0.2) is 11.5 Å². The Morgan fingerprint density at radius 2 is 2.17 bits per heavy atom. The standard InChI is InChI=1S/C12H19N5O/c1-4-18-5-9(8(2)3)17-12-10-11(14-6-13-10)15-7-16-12/h6-9H,4-5H2,1-3H3,(H2,13,14,15,16,17). The molecule has 2 rings (SSSR count). The molecule has 0 aliphatic heterocycles. The van der Waals surface area contributed by atoms with Gasteiger partial charge in [0, 0.05) is 6.61 Å². The maximum atomic E-state index is 5.49. The first-order valence-corrected chi connectivity index (χ1v) is 6.20. The molecule has 0 aliphatic carbocycles. The zero-order valence-corrected chi connectivity index (χ0v) is 11.0. The quantitative estimate of drug-likeness (QED) is 0.816. The lowest BCUT2D eigenvalue weighted by Gasteiger charge is -2.22. The van der Waals surface area contributed by atoms with Crippen LogP contribution in [0.5, 0.6) is 0 Å². The number of hydrogen-bond acceptors (Lipinski definition) is 5. The van der Waals surface area contributed by atoms with Crippen molar-refractivity contribution in [2.24, 2.45) is 5.92 Å². The summed E-state index contributed by atoms with van der Waals surface area (Å²) in [6, 6.07) is 0.214. The second kappa shape index (κ2) is 5.77. The highest BCUT2D eigenvalue weighted by atomic mass is 16.5. The zero-order valence-electron chi connectivity index (χ0n) is 11.0. The van der Waals surface area contributed by atoms with E-state index in [0.717, 1.165) is 11.3 Å². The number of fused-ring (bicyclic) bond motifs is 1. The second-order valence-corrected chi connectivity index (χ2v) is 4.48. The molecule has 0 bridgehead atoms. The number of aromatic nitrogens is 4. The molecule has 18 heavy (non-hydrogen) atoms. The molecule has 0 aromatic carbocycles. The van der Waals surface area contributed by atoms with Crippen LogP contribution in [0, 0.1) is 5.92 Å². The first-order chi connectivity index (χ1) is 8.72. The summed E-state index contributed by atoms with van der Waals surface area (Å²) in [7, 11) is 0. The Morgan fingerprint density at radius 3 is 2.89 bits per heavy atom. The van der Waals surface area contributed by atoms with Gasteiger partial charge in [-0.2, -0.15) is 0 Å². The van der Waals surface area contributed by atoms with Crippen molar-refractivity contribution in [3.8, 4) is 0 Å². The molecule has 0 fully saturated rings. The van der Waals surface area contributed by atoms with Crippen molar-refractivity contribution in [2.45, 2.75) is 26.8 Å². The lowest BCUT2D eigenvalue weighted by atomic mass is 10.1. The van der Waals surface area contributed by atoms with Gasteiger partial charge in [0.1, 0.15) is 11.8 Å². The molecule has 2 aromatic rings. The number of nitrogens with zero attached hydrogens (tertiary/aromatic N) is 3. The summed E-state index contributed by atoms with van der Waals surface area (Å²) in [6.07, 6.45) is 3.14. The average molecular weight is 249 g/mol. The van der Waals surface area contributed by atoms with Crippen molar-refractivity contribution in [3.63, 3.8) is 0 Å². The fourth-order valence-electron chi connectivity index (χ4n) is 1.70. The van der Waals surface area contributed by atoms with Gasteiger partial charge in [0.25, 0.3) is 0 Å². The average Bonchev–Trinajstić information content (AvgIpc) is 2.83. The Hall–Kier alpha value is -1.69. The fourth-order valence-corrected chi connectivity index (χ4v) is 1.70. The van der Waals surface area contributed by atoms with Crippen molar-refractivity contribution in [1.29, 1.82) is 0 Å². The van der Waals surface area contributed by atoms with Crippen LogP contribution in [0.15, 0.2) is 12.7 Å². The van der Waals surface area contributed by atoms with Gasteiger partial charge in [-0.15, -0.1) is 0 Å². The fraction of sp³-hybridized carbons (Fsp3) is 0.583. The van der Waals surface area contributed by atoms with E-state index < -0.39 is 0 Å². The van der Waals surface area contributed by atoms with Crippen LogP contribution in [0.1, 0.15) is 20.8 Å². The molecule has 1 atom stereocenters. The van der Waals surface area contributed by atoms with E-state index in [2.05, 4.69) is 39.1 Å². The summed E-state index contributed by atoms with van der Waals surface area (Å²) >= 11 is 0. The second-order valence-electron chi connectivity index (χ2n) is 4.48. The first-order valence-electron chi connectivity index (χ1n) is 6.20. The van der Waals surface area contributed by atoms with E-state index in [1.807, 2.05) is 6.92 Å². The highest BCUT2D eigenvalue weighted by Crippen LogP contribution is 2.17. The molecule has 0 radical (unpaired) electrons. The van der Waals surface area contributed by atoms with Crippen LogP contribution in [0.4, 0.5) is 5.82 Å². The summed E-state index contributed by atoms with van der Waals surface area (Å²) in [6.45, 7) is 7.68. The van der Waals surface area contributed by atoms with Gasteiger partial charge in [0.2, 0.25) is 0 Å². The molecule has 6 heteroatoms. The van der Waals surface area contributed by atoms with Crippen molar-refractivity contribution >= 4 is 17.0 Å². The minimum Gasteiger partial charge on any atom is -0.380 e. The van der Waals surface area contributed by atoms with Gasteiger partial charge in [-0.1, -0.05) is 13.8 Å². The molecule has 0 saturated carbocycles. The van der Waals surface area contributed by atoms with E-state index in [1.54, 1.807) is 6.33 Å². The number of imidazole rings is 1. The van der Waals surface area contributed by atoms with Gasteiger partial charge < -0.3 is 15.0 Å². The number of nitrogens with one attached hydrogen (secondary N) is 2. The zero-order chi connectivity index (χ0) is 13.0. The third-order valence-corrected chi connectivity index (χ3v) is 2.85. The molecule has 2 aromatic heterocycles. The lowest BCUT2D eigenvalue weighted by molar-refractivity contribution is 0.126. The van der Waals surface area contributed by atoms with Crippen LogP contribution in [-0.2, 0) is 4.74 Å². The Balaban J connectivity index is 2.17. The number of H-pyrrole nitrogens is 1. The van der Waals surface area contributed by atoms with Gasteiger partial charge >= 0.3 is 0 Å². The van der Waals surface area contributed by atoms with E-state index >= 15 is 0 Å². The van der Waals surface area contributed by atoms with Gasteiger partial charge in [-0.3, -0.25) is 0 Å². The summed E-state index contributed by atoms with van der Waals surface area (Å²) in [5.41, 5.74) is 1.51. The van der Waals surface area contributed by atoms with Crippen LogP contribution < -0.4 is 5.32 Å². The summed E-state index contributed by atoms with van der Waals surface area (Å²) < 4.78 is 5.49. The van der Waals surface area contributed by atoms with Crippen LogP contribution in [0.3, 0.4) is 0 Å². The number of ether oxygens (including phenoxy) is 1. The highest BCUT2D eigenvalue weighted by molar-refractivity contribution is 5.82. The molecule has 98 valence electrons. The molecule has 2 heterocycles. The van der Waals surface area contributed by atoms with E-state index in [0.29, 0.717) is 24.8 Å². The molecule has 0 aliphatic rings. The molecule has 6 nitrogen and oxygen atoms in total. The van der Waals surface area contributed by atoms with Crippen LogP contribution >= 0.6 is 0 Å². The molecule has 0 spiro atoms. The number of rotatable bonds is 6. The van der Waals surface area contributed by atoms with Gasteiger partial charge in [0.05, 0.1) is 19.0 Å². The number of aromatic amines is 1.